The van der Waals surface area contributed by atoms with E-state index in [-0.39, 0.29) is 12.1 Å². The monoisotopic (exact) mass is 390 g/mol. The van der Waals surface area contributed by atoms with Crippen LogP contribution in [0.25, 0.3) is 0 Å². The summed E-state index contributed by atoms with van der Waals surface area (Å²) < 4.78 is 2.37. The van der Waals surface area contributed by atoms with E-state index >= 15 is 0 Å². The third-order valence-corrected chi connectivity index (χ3v) is 5.99. The molecule has 1 aliphatic rings. The molecule has 0 aliphatic carbocycles. The van der Waals surface area contributed by atoms with Gasteiger partial charge in [-0.1, -0.05) is 36.4 Å². The lowest BCUT2D eigenvalue weighted by atomic mass is 9.96. The molecule has 1 aromatic carbocycles. The SMILES string of the molecule is CCn1c(C)cc([C@H]2[C@H](c3ccccn3)NC(=S)N2Cc2ccccc2)c1C. The van der Waals surface area contributed by atoms with Crippen molar-refractivity contribution >= 4 is 17.3 Å². The van der Waals surface area contributed by atoms with Crippen molar-refractivity contribution in [1.82, 2.24) is 19.8 Å². The zero-order chi connectivity index (χ0) is 19.7. The maximum atomic E-state index is 5.79. The van der Waals surface area contributed by atoms with E-state index in [1.807, 2.05) is 24.4 Å². The molecule has 28 heavy (non-hydrogen) atoms. The molecule has 0 unspecified atom stereocenters. The van der Waals surface area contributed by atoms with Gasteiger partial charge < -0.3 is 14.8 Å². The van der Waals surface area contributed by atoms with Crippen molar-refractivity contribution < 1.29 is 0 Å². The quantitative estimate of drug-likeness (QED) is 0.641. The van der Waals surface area contributed by atoms with Crippen molar-refractivity contribution in [2.75, 3.05) is 0 Å². The van der Waals surface area contributed by atoms with E-state index in [4.69, 9.17) is 12.2 Å². The number of aryl methyl sites for hydroxylation is 1. The molecule has 0 radical (unpaired) electrons. The lowest BCUT2D eigenvalue weighted by Crippen LogP contribution is -2.29. The highest BCUT2D eigenvalue weighted by atomic mass is 32.1. The first-order chi connectivity index (χ1) is 13.6. The highest BCUT2D eigenvalue weighted by molar-refractivity contribution is 7.80. The van der Waals surface area contributed by atoms with Gasteiger partial charge in [0, 0.05) is 30.7 Å². The minimum Gasteiger partial charge on any atom is -0.352 e. The van der Waals surface area contributed by atoms with Gasteiger partial charge in [0.05, 0.1) is 17.8 Å². The molecule has 4 rings (SSSR count). The molecule has 1 aliphatic heterocycles. The number of hydrogen-bond donors (Lipinski definition) is 1. The predicted molar refractivity (Wildman–Crippen MR) is 117 cm³/mol. The van der Waals surface area contributed by atoms with Gasteiger partial charge in [0.1, 0.15) is 0 Å². The Kier molecular flexibility index (Phi) is 5.18. The number of thiocarbonyl (C=S) groups is 1. The van der Waals surface area contributed by atoms with Crippen LogP contribution >= 0.6 is 12.2 Å². The van der Waals surface area contributed by atoms with E-state index in [0.29, 0.717) is 0 Å². The van der Waals surface area contributed by atoms with Crippen LogP contribution in [0.2, 0.25) is 0 Å². The highest BCUT2D eigenvalue weighted by Gasteiger charge is 2.41. The summed E-state index contributed by atoms with van der Waals surface area (Å²) in [5.74, 6) is 0. The second kappa shape index (κ2) is 7.76. The molecule has 1 N–H and O–H groups in total. The van der Waals surface area contributed by atoms with Gasteiger partial charge in [-0.3, -0.25) is 4.98 Å². The van der Waals surface area contributed by atoms with Gasteiger partial charge in [0.25, 0.3) is 0 Å². The number of benzene rings is 1. The maximum absolute atomic E-state index is 5.79. The van der Waals surface area contributed by atoms with Crippen molar-refractivity contribution in [3.8, 4) is 0 Å². The Morgan fingerprint density at radius 3 is 2.46 bits per heavy atom. The van der Waals surface area contributed by atoms with Gasteiger partial charge in [-0.15, -0.1) is 0 Å². The van der Waals surface area contributed by atoms with Crippen LogP contribution in [0.5, 0.6) is 0 Å². The van der Waals surface area contributed by atoms with Crippen LogP contribution in [-0.4, -0.2) is 19.6 Å². The van der Waals surface area contributed by atoms with Gasteiger partial charge in [-0.25, -0.2) is 0 Å². The Bertz CT molecular complexity index is 965. The second-order valence-corrected chi connectivity index (χ2v) is 7.70. The first-order valence-corrected chi connectivity index (χ1v) is 10.2. The summed E-state index contributed by atoms with van der Waals surface area (Å²) in [6.45, 7) is 8.33. The fourth-order valence-corrected chi connectivity index (χ4v) is 4.61. The number of nitrogens with one attached hydrogen (secondary N) is 1. The molecule has 2 aromatic heterocycles. The Morgan fingerprint density at radius 2 is 1.82 bits per heavy atom. The van der Waals surface area contributed by atoms with Crippen LogP contribution < -0.4 is 5.32 Å². The molecule has 0 saturated carbocycles. The zero-order valence-electron chi connectivity index (χ0n) is 16.6. The third-order valence-electron chi connectivity index (χ3n) is 5.64. The Hall–Kier alpha value is -2.66. The van der Waals surface area contributed by atoms with E-state index in [2.05, 4.69) is 76.9 Å². The van der Waals surface area contributed by atoms with E-state index in [1.54, 1.807) is 0 Å². The molecule has 4 nitrogen and oxygen atoms in total. The molecule has 144 valence electrons. The number of aromatic nitrogens is 2. The predicted octanol–water partition coefficient (Wildman–Crippen LogP) is 4.69. The second-order valence-electron chi connectivity index (χ2n) is 7.31. The zero-order valence-corrected chi connectivity index (χ0v) is 17.4. The van der Waals surface area contributed by atoms with Crippen molar-refractivity contribution in [2.24, 2.45) is 0 Å². The molecule has 5 heteroatoms. The van der Waals surface area contributed by atoms with Crippen molar-refractivity contribution in [3.05, 3.63) is 89.0 Å². The van der Waals surface area contributed by atoms with Crippen LogP contribution in [0.1, 0.15) is 47.2 Å². The summed E-state index contributed by atoms with van der Waals surface area (Å²) in [5, 5.41) is 4.33. The van der Waals surface area contributed by atoms with E-state index in [0.717, 1.165) is 23.9 Å². The van der Waals surface area contributed by atoms with Crippen LogP contribution in [0.15, 0.2) is 60.8 Å². The van der Waals surface area contributed by atoms with Crippen LogP contribution in [0.4, 0.5) is 0 Å². The summed E-state index contributed by atoms with van der Waals surface area (Å²) in [7, 11) is 0. The molecule has 0 bridgehead atoms. The minimum atomic E-state index is 0.0308. The van der Waals surface area contributed by atoms with Crippen molar-refractivity contribution in [1.29, 1.82) is 0 Å². The fourth-order valence-electron chi connectivity index (χ4n) is 4.31. The first kappa shape index (κ1) is 18.7. The average molecular weight is 391 g/mol. The summed E-state index contributed by atoms with van der Waals surface area (Å²) in [6.07, 6.45) is 1.85. The summed E-state index contributed by atoms with van der Waals surface area (Å²) in [4.78, 5) is 6.95. The smallest absolute Gasteiger partial charge is 0.170 e. The molecule has 1 fully saturated rings. The fraction of sp³-hybridized carbons (Fsp3) is 0.304. The highest BCUT2D eigenvalue weighted by Crippen LogP contribution is 2.41. The van der Waals surface area contributed by atoms with E-state index < -0.39 is 0 Å². The lowest BCUT2D eigenvalue weighted by Gasteiger charge is -2.28. The lowest BCUT2D eigenvalue weighted by molar-refractivity contribution is 0.310. The normalized spacial score (nSPS) is 19.1. The Morgan fingerprint density at radius 1 is 1.07 bits per heavy atom. The van der Waals surface area contributed by atoms with E-state index in [1.165, 1.54) is 22.5 Å². The van der Waals surface area contributed by atoms with Gasteiger partial charge in [-0.2, -0.15) is 0 Å². The number of rotatable bonds is 5. The van der Waals surface area contributed by atoms with Gasteiger partial charge in [0.2, 0.25) is 0 Å². The summed E-state index contributed by atoms with van der Waals surface area (Å²) in [6, 6.07) is 19.0. The average Bonchev–Trinajstić information content (AvgIpc) is 3.19. The Balaban J connectivity index is 1.80. The summed E-state index contributed by atoms with van der Waals surface area (Å²) >= 11 is 5.79. The third kappa shape index (κ3) is 3.31. The molecule has 0 spiro atoms. The standard InChI is InChI=1S/C23H26N4S/c1-4-26-16(2)14-19(17(26)3)22-21(20-12-8-9-13-24-20)25-23(28)27(22)15-18-10-6-5-7-11-18/h5-14,21-22H,4,15H2,1-3H3,(H,25,28)/t21-,22-/m0/s1. The number of hydrogen-bond acceptors (Lipinski definition) is 2. The van der Waals surface area contributed by atoms with Crippen LogP contribution in [0.3, 0.4) is 0 Å². The molecular weight excluding hydrogens is 364 g/mol. The minimum absolute atomic E-state index is 0.0308. The number of nitrogens with zero attached hydrogens (tertiary/aromatic N) is 3. The van der Waals surface area contributed by atoms with Crippen LogP contribution in [0, 0.1) is 13.8 Å². The van der Waals surface area contributed by atoms with Crippen LogP contribution in [-0.2, 0) is 13.1 Å². The van der Waals surface area contributed by atoms with Gasteiger partial charge in [0.15, 0.2) is 5.11 Å². The summed E-state index contributed by atoms with van der Waals surface area (Å²) in [5.41, 5.74) is 6.18. The molecule has 3 heterocycles. The number of pyridine rings is 1. The Labute approximate surface area is 172 Å². The molecule has 1 saturated heterocycles. The molecule has 2 atom stereocenters. The van der Waals surface area contributed by atoms with Gasteiger partial charge >= 0.3 is 0 Å². The van der Waals surface area contributed by atoms with Gasteiger partial charge in [-0.05, 0) is 62.3 Å². The van der Waals surface area contributed by atoms with Crippen molar-refractivity contribution in [2.45, 2.75) is 45.9 Å². The molecular formula is C23H26N4S. The molecule has 0 amide bonds. The molecule has 3 aromatic rings. The topological polar surface area (TPSA) is 33.1 Å². The largest absolute Gasteiger partial charge is 0.352 e. The van der Waals surface area contributed by atoms with E-state index in [9.17, 15) is 0 Å². The maximum Gasteiger partial charge on any atom is 0.170 e. The first-order valence-electron chi connectivity index (χ1n) is 9.78. The van der Waals surface area contributed by atoms with Crippen molar-refractivity contribution in [3.63, 3.8) is 0 Å².